The standard InChI is InChI=1S/C13H13ClN2O4/c1-2-8-10(12(18)19)11(16-13(20)15-8)6-3-4-9(17)7(14)5-6/h3-5,11,17H,2H2,1H3,(H,18,19)(H2,15,16,20)/t11-/m0/s1. The highest BCUT2D eigenvalue weighted by Gasteiger charge is 2.32. The fraction of sp³-hybridized carbons (Fsp3) is 0.231. The Hall–Kier alpha value is -2.21. The summed E-state index contributed by atoms with van der Waals surface area (Å²) in [5.41, 5.74) is 0.912. The number of carbonyl (C=O) groups excluding carboxylic acids is 1. The number of hydrogen-bond donors (Lipinski definition) is 4. The van der Waals surface area contributed by atoms with E-state index in [4.69, 9.17) is 11.6 Å². The fourth-order valence-corrected chi connectivity index (χ4v) is 2.29. The molecular weight excluding hydrogens is 284 g/mol. The summed E-state index contributed by atoms with van der Waals surface area (Å²) in [6, 6.07) is 3.03. The van der Waals surface area contributed by atoms with Gasteiger partial charge in [-0.1, -0.05) is 24.6 Å². The van der Waals surface area contributed by atoms with Gasteiger partial charge in [0.25, 0.3) is 0 Å². The summed E-state index contributed by atoms with van der Waals surface area (Å²) in [4.78, 5) is 23.0. The zero-order valence-electron chi connectivity index (χ0n) is 10.6. The number of carbonyl (C=O) groups is 2. The number of hydrogen-bond acceptors (Lipinski definition) is 3. The van der Waals surface area contributed by atoms with E-state index in [1.807, 2.05) is 0 Å². The minimum atomic E-state index is -1.12. The summed E-state index contributed by atoms with van der Waals surface area (Å²) in [6.07, 6.45) is 0.386. The number of carboxylic acid groups (broad SMARTS) is 1. The average Bonchev–Trinajstić information content (AvgIpc) is 2.40. The highest BCUT2D eigenvalue weighted by atomic mass is 35.5. The number of aliphatic carboxylic acids is 1. The second-order valence-corrected chi connectivity index (χ2v) is 4.70. The molecule has 0 aliphatic carbocycles. The molecule has 0 saturated heterocycles. The summed E-state index contributed by atoms with van der Waals surface area (Å²) in [6.45, 7) is 1.75. The molecule has 1 heterocycles. The van der Waals surface area contributed by atoms with Gasteiger partial charge in [-0.2, -0.15) is 0 Å². The molecule has 1 atom stereocenters. The van der Waals surface area contributed by atoms with Crippen molar-refractivity contribution in [1.82, 2.24) is 10.6 Å². The van der Waals surface area contributed by atoms with Crippen molar-refractivity contribution in [2.24, 2.45) is 0 Å². The van der Waals surface area contributed by atoms with Crippen molar-refractivity contribution in [3.63, 3.8) is 0 Å². The first-order valence-corrected chi connectivity index (χ1v) is 6.34. The molecule has 0 saturated carbocycles. The Labute approximate surface area is 120 Å². The monoisotopic (exact) mass is 296 g/mol. The van der Waals surface area contributed by atoms with Gasteiger partial charge in [-0.3, -0.25) is 0 Å². The lowest BCUT2D eigenvalue weighted by Crippen LogP contribution is -2.45. The first kappa shape index (κ1) is 14.2. The van der Waals surface area contributed by atoms with Gasteiger partial charge in [0.15, 0.2) is 0 Å². The Bertz CT molecular complexity index is 612. The summed E-state index contributed by atoms with van der Waals surface area (Å²) >= 11 is 5.83. The zero-order chi connectivity index (χ0) is 14.9. The molecule has 1 aromatic rings. The second-order valence-electron chi connectivity index (χ2n) is 4.29. The van der Waals surface area contributed by atoms with E-state index in [-0.39, 0.29) is 16.3 Å². The van der Waals surface area contributed by atoms with E-state index in [1.165, 1.54) is 18.2 Å². The molecule has 1 aliphatic heterocycles. The Balaban J connectivity index is 2.54. The Morgan fingerprint density at radius 2 is 2.15 bits per heavy atom. The number of halogens is 1. The van der Waals surface area contributed by atoms with Crippen LogP contribution in [0.1, 0.15) is 24.9 Å². The first-order chi connectivity index (χ1) is 9.43. The third kappa shape index (κ3) is 2.55. The normalized spacial score (nSPS) is 18.5. The molecule has 0 radical (unpaired) electrons. The third-order valence-corrected chi connectivity index (χ3v) is 3.35. The Kier molecular flexibility index (Phi) is 3.85. The molecule has 106 valence electrons. The van der Waals surface area contributed by atoms with Crippen LogP contribution in [0.4, 0.5) is 4.79 Å². The van der Waals surface area contributed by atoms with E-state index in [9.17, 15) is 19.8 Å². The van der Waals surface area contributed by atoms with Crippen LogP contribution in [0.5, 0.6) is 5.75 Å². The third-order valence-electron chi connectivity index (χ3n) is 3.04. The van der Waals surface area contributed by atoms with Gasteiger partial charge < -0.3 is 20.8 Å². The molecule has 4 N–H and O–H groups in total. The average molecular weight is 297 g/mol. The number of rotatable bonds is 3. The number of allylic oxidation sites excluding steroid dienone is 1. The molecule has 1 aliphatic rings. The van der Waals surface area contributed by atoms with E-state index >= 15 is 0 Å². The lowest BCUT2D eigenvalue weighted by Gasteiger charge is -2.28. The van der Waals surface area contributed by atoms with Crippen molar-refractivity contribution in [2.75, 3.05) is 0 Å². The van der Waals surface area contributed by atoms with Gasteiger partial charge in [-0.05, 0) is 24.1 Å². The molecule has 0 unspecified atom stereocenters. The lowest BCUT2D eigenvalue weighted by molar-refractivity contribution is -0.133. The van der Waals surface area contributed by atoms with Crippen molar-refractivity contribution in [3.8, 4) is 5.75 Å². The smallest absolute Gasteiger partial charge is 0.335 e. The maximum atomic E-state index is 11.6. The van der Waals surface area contributed by atoms with Gasteiger partial charge in [0.2, 0.25) is 0 Å². The molecule has 2 rings (SSSR count). The number of phenolic OH excluding ortho intramolecular Hbond substituents is 1. The SMILES string of the molecule is CCC1=C(C(=O)O)[C@H](c2ccc(O)c(Cl)c2)NC(=O)N1. The minimum Gasteiger partial charge on any atom is -0.506 e. The summed E-state index contributed by atoms with van der Waals surface area (Å²) in [5, 5.41) is 23.9. The van der Waals surface area contributed by atoms with Crippen LogP contribution in [-0.2, 0) is 4.79 Å². The number of nitrogens with one attached hydrogen (secondary N) is 2. The topological polar surface area (TPSA) is 98.7 Å². The Morgan fingerprint density at radius 1 is 1.45 bits per heavy atom. The molecule has 20 heavy (non-hydrogen) atoms. The van der Waals surface area contributed by atoms with Crippen molar-refractivity contribution in [1.29, 1.82) is 0 Å². The molecule has 0 aromatic heterocycles. The molecule has 0 fully saturated rings. The van der Waals surface area contributed by atoms with Crippen LogP contribution in [0.2, 0.25) is 5.02 Å². The van der Waals surface area contributed by atoms with Crippen LogP contribution in [0.3, 0.4) is 0 Å². The number of phenols is 1. The highest BCUT2D eigenvalue weighted by Crippen LogP contribution is 2.32. The highest BCUT2D eigenvalue weighted by molar-refractivity contribution is 6.32. The van der Waals surface area contributed by atoms with Crippen molar-refractivity contribution < 1.29 is 19.8 Å². The molecule has 2 amide bonds. The molecule has 6 nitrogen and oxygen atoms in total. The lowest BCUT2D eigenvalue weighted by atomic mass is 9.94. The zero-order valence-corrected chi connectivity index (χ0v) is 11.4. The molecule has 7 heteroatoms. The predicted molar refractivity (Wildman–Crippen MR) is 72.5 cm³/mol. The maximum Gasteiger partial charge on any atom is 0.335 e. The van der Waals surface area contributed by atoms with Crippen LogP contribution in [-0.4, -0.2) is 22.2 Å². The van der Waals surface area contributed by atoms with Gasteiger partial charge in [0.05, 0.1) is 16.6 Å². The number of carboxylic acids is 1. The molecular formula is C13H13ClN2O4. The van der Waals surface area contributed by atoms with Gasteiger partial charge in [0, 0.05) is 5.70 Å². The van der Waals surface area contributed by atoms with Crippen LogP contribution < -0.4 is 10.6 Å². The quantitative estimate of drug-likeness (QED) is 0.687. The van der Waals surface area contributed by atoms with Gasteiger partial charge in [-0.25, -0.2) is 9.59 Å². The van der Waals surface area contributed by atoms with Gasteiger partial charge >= 0.3 is 12.0 Å². The van der Waals surface area contributed by atoms with Crippen molar-refractivity contribution >= 4 is 23.6 Å². The van der Waals surface area contributed by atoms with E-state index in [0.717, 1.165) is 0 Å². The maximum absolute atomic E-state index is 11.6. The first-order valence-electron chi connectivity index (χ1n) is 5.96. The molecule has 0 bridgehead atoms. The van der Waals surface area contributed by atoms with Crippen LogP contribution in [0.25, 0.3) is 0 Å². The predicted octanol–water partition coefficient (Wildman–Crippen LogP) is 2.15. The van der Waals surface area contributed by atoms with Crippen LogP contribution >= 0.6 is 11.6 Å². The second kappa shape index (κ2) is 5.42. The van der Waals surface area contributed by atoms with Crippen molar-refractivity contribution in [2.45, 2.75) is 19.4 Å². The van der Waals surface area contributed by atoms with E-state index < -0.39 is 18.0 Å². The number of benzene rings is 1. The van der Waals surface area contributed by atoms with E-state index in [0.29, 0.717) is 17.7 Å². The van der Waals surface area contributed by atoms with Crippen LogP contribution in [0.15, 0.2) is 29.5 Å². The van der Waals surface area contributed by atoms with Gasteiger partial charge in [-0.15, -0.1) is 0 Å². The minimum absolute atomic E-state index is 0.0638. The number of amides is 2. The number of aromatic hydroxyl groups is 1. The largest absolute Gasteiger partial charge is 0.506 e. The summed E-state index contributed by atoms with van der Waals surface area (Å²) < 4.78 is 0. The molecule has 0 spiro atoms. The fourth-order valence-electron chi connectivity index (χ4n) is 2.10. The summed E-state index contributed by atoms with van der Waals surface area (Å²) in [7, 11) is 0. The van der Waals surface area contributed by atoms with E-state index in [1.54, 1.807) is 6.92 Å². The van der Waals surface area contributed by atoms with Crippen molar-refractivity contribution in [3.05, 3.63) is 40.1 Å². The number of urea groups is 1. The van der Waals surface area contributed by atoms with Crippen LogP contribution in [0, 0.1) is 0 Å². The molecule has 1 aromatic carbocycles. The summed E-state index contributed by atoms with van der Waals surface area (Å²) in [5.74, 6) is -1.23. The van der Waals surface area contributed by atoms with E-state index in [2.05, 4.69) is 10.6 Å². The van der Waals surface area contributed by atoms with Gasteiger partial charge in [0.1, 0.15) is 5.75 Å². The Morgan fingerprint density at radius 3 is 2.70 bits per heavy atom.